The third-order valence-electron chi connectivity index (χ3n) is 19.0. The molecule has 510 valence electrons. The van der Waals surface area contributed by atoms with Crippen molar-refractivity contribution in [2.24, 2.45) is 0 Å². The molecule has 0 aliphatic carbocycles. The minimum atomic E-state index is 0.321. The van der Waals surface area contributed by atoms with Gasteiger partial charge in [0.2, 0.25) is 35.3 Å². The van der Waals surface area contributed by atoms with Crippen molar-refractivity contribution in [3.63, 3.8) is 0 Å². The smallest absolute Gasteiger partial charge is 0.227 e. The highest BCUT2D eigenvalue weighted by Crippen LogP contribution is 2.62. The van der Waals surface area contributed by atoms with Gasteiger partial charge in [0.15, 0.2) is 34.6 Å². The fourth-order valence-corrected chi connectivity index (χ4v) is 14.0. The average molecular weight is 1390 g/mol. The van der Waals surface area contributed by atoms with E-state index in [4.69, 9.17) is 56.4 Å². The van der Waals surface area contributed by atoms with Crippen LogP contribution < -0.4 is 0 Å². The lowest BCUT2D eigenvalue weighted by Crippen LogP contribution is -2.06. The lowest BCUT2D eigenvalue weighted by atomic mass is 9.77. The number of rotatable bonds is 18. The zero-order valence-corrected chi connectivity index (χ0v) is 57.8. The third-order valence-corrected chi connectivity index (χ3v) is 19.0. The van der Waals surface area contributed by atoms with Crippen molar-refractivity contribution in [3.05, 3.63) is 364 Å². The normalized spacial score (nSPS) is 11.3. The average Bonchev–Trinajstić information content (AvgIpc) is 1.42. The molecule has 0 unspecified atom stereocenters. The van der Waals surface area contributed by atoms with E-state index in [1.54, 1.807) is 0 Å². The van der Waals surface area contributed by atoms with Crippen LogP contribution in [0.15, 0.2) is 390 Å². The Morgan fingerprint density at radius 3 is 0.333 bits per heavy atom. The van der Waals surface area contributed by atoms with Crippen LogP contribution in [0.1, 0.15) is 0 Å². The quantitative estimate of drug-likeness (QED) is 0.0802. The van der Waals surface area contributed by atoms with Gasteiger partial charge in [-0.2, -0.15) is 0 Å². The summed E-state index contributed by atoms with van der Waals surface area (Å²) in [6.07, 6.45) is 0. The van der Waals surface area contributed by atoms with Crippen LogP contribution in [0.3, 0.4) is 0 Å². The van der Waals surface area contributed by atoms with E-state index in [0.717, 1.165) is 0 Å². The number of hydrogen-bond acceptors (Lipinski definition) is 12. The first-order chi connectivity index (χ1) is 53.6. The highest BCUT2D eigenvalue weighted by Gasteiger charge is 2.43. The molecule has 0 bridgehead atoms. The van der Waals surface area contributed by atoms with Gasteiger partial charge in [0.05, 0.1) is 0 Å². The third kappa shape index (κ3) is 11.9. The number of hydrogen-bond donors (Lipinski definition) is 0. The van der Waals surface area contributed by atoms with E-state index >= 15 is 0 Å². The molecule has 0 aliphatic heterocycles. The predicted molar refractivity (Wildman–Crippen MR) is 425 cm³/mol. The first-order valence-electron chi connectivity index (χ1n) is 35.6. The molecule has 6 aromatic heterocycles. The SMILES string of the molecule is c1ccc(-c2nc(-c3c(-c4nc(-c5ccccc5)oc4-c4ccccc4)c(-c4nc(-c5ccccc5)oc4-c4ccccc4)c(-c4nc(-c5ccccc5)oc4-c4ccccc4)c(-c4nc(-c5ccccc5)oc4-c4ccccc4)c3-c3nc(-c4ccccc4)oc3-c3ccccc3)c(-c3ccccc3)o2)cc1. The molecule has 0 saturated heterocycles. The van der Waals surface area contributed by atoms with E-state index in [9.17, 15) is 0 Å². The molecule has 19 aromatic rings. The second kappa shape index (κ2) is 28.1. The summed E-state index contributed by atoms with van der Waals surface area (Å²) in [6.45, 7) is 0. The highest BCUT2D eigenvalue weighted by atomic mass is 16.4. The topological polar surface area (TPSA) is 156 Å². The molecule has 0 radical (unpaired) electrons. The molecule has 19 rings (SSSR count). The Labute approximate surface area is 621 Å². The van der Waals surface area contributed by atoms with Crippen molar-refractivity contribution in [2.75, 3.05) is 0 Å². The van der Waals surface area contributed by atoms with Crippen molar-refractivity contribution < 1.29 is 26.5 Å². The van der Waals surface area contributed by atoms with E-state index in [-0.39, 0.29) is 0 Å². The van der Waals surface area contributed by atoms with Crippen LogP contribution in [-0.2, 0) is 0 Å². The van der Waals surface area contributed by atoms with Gasteiger partial charge in [-0.15, -0.1) is 0 Å². The van der Waals surface area contributed by atoms with E-state index in [2.05, 4.69) is 0 Å². The van der Waals surface area contributed by atoms with Gasteiger partial charge in [-0.25, -0.2) is 29.9 Å². The Morgan fingerprint density at radius 2 is 0.222 bits per heavy atom. The summed E-state index contributed by atoms with van der Waals surface area (Å²) in [7, 11) is 0. The summed E-state index contributed by atoms with van der Waals surface area (Å²) in [5.74, 6) is 4.35. The van der Waals surface area contributed by atoms with Gasteiger partial charge in [0, 0.05) is 100 Å². The monoisotopic (exact) mass is 1390 g/mol. The van der Waals surface area contributed by atoms with Gasteiger partial charge in [-0.3, -0.25) is 0 Å². The first kappa shape index (κ1) is 64.0. The van der Waals surface area contributed by atoms with Crippen molar-refractivity contribution in [1.82, 2.24) is 29.9 Å². The van der Waals surface area contributed by atoms with Crippen LogP contribution in [0.4, 0.5) is 0 Å². The van der Waals surface area contributed by atoms with Crippen LogP contribution in [0.2, 0.25) is 0 Å². The number of oxazole rings is 6. The maximum absolute atomic E-state index is 7.55. The van der Waals surface area contributed by atoms with Gasteiger partial charge in [-0.05, 0) is 72.8 Å². The summed E-state index contributed by atoms with van der Waals surface area (Å²) in [5, 5.41) is 0. The number of aromatic nitrogens is 6. The van der Waals surface area contributed by atoms with Gasteiger partial charge < -0.3 is 26.5 Å². The molecule has 0 saturated carbocycles. The van der Waals surface area contributed by atoms with Gasteiger partial charge in [0.25, 0.3) is 0 Å². The molecule has 108 heavy (non-hydrogen) atoms. The molecule has 0 N–H and O–H groups in total. The van der Waals surface area contributed by atoms with E-state index in [0.29, 0.717) is 204 Å². The Kier molecular flexibility index (Phi) is 16.6. The number of benzene rings is 13. The molecule has 0 spiro atoms. The molecular weight excluding hydrogens is 1330 g/mol. The number of nitrogens with zero attached hydrogens (tertiary/aromatic N) is 6. The van der Waals surface area contributed by atoms with Gasteiger partial charge in [0.1, 0.15) is 34.2 Å². The maximum atomic E-state index is 7.55. The van der Waals surface area contributed by atoms with Crippen LogP contribution in [0.5, 0.6) is 0 Å². The molecule has 6 heterocycles. The largest absolute Gasteiger partial charge is 0.435 e. The molecule has 0 atom stereocenters. The second-order valence-electron chi connectivity index (χ2n) is 25.8. The van der Waals surface area contributed by atoms with Crippen LogP contribution in [0.25, 0.3) is 204 Å². The van der Waals surface area contributed by atoms with Crippen LogP contribution in [0, 0.1) is 0 Å². The zero-order chi connectivity index (χ0) is 71.7. The minimum absolute atomic E-state index is 0.321. The van der Waals surface area contributed by atoms with Crippen LogP contribution >= 0.6 is 0 Å². The molecule has 13 aromatic carbocycles. The first-order valence-corrected chi connectivity index (χ1v) is 35.6. The fourth-order valence-electron chi connectivity index (χ4n) is 14.0. The Morgan fingerprint density at radius 1 is 0.120 bits per heavy atom. The summed E-state index contributed by atoms with van der Waals surface area (Å²) in [5.41, 5.74) is 13.5. The summed E-state index contributed by atoms with van der Waals surface area (Å²) >= 11 is 0. The van der Waals surface area contributed by atoms with Crippen LogP contribution in [-0.4, -0.2) is 29.9 Å². The van der Waals surface area contributed by atoms with E-state index in [1.165, 1.54) is 0 Å². The van der Waals surface area contributed by atoms with E-state index < -0.39 is 0 Å². The molecule has 12 nitrogen and oxygen atoms in total. The second-order valence-corrected chi connectivity index (χ2v) is 25.8. The summed E-state index contributed by atoms with van der Waals surface area (Å²) < 4.78 is 45.3. The lowest BCUT2D eigenvalue weighted by molar-refractivity contribution is 0.588. The van der Waals surface area contributed by atoms with Crippen molar-refractivity contribution >= 4 is 0 Å². The Hall–Kier alpha value is -14.9. The van der Waals surface area contributed by atoms with E-state index in [1.807, 2.05) is 364 Å². The molecule has 0 aliphatic rings. The molecule has 0 fully saturated rings. The van der Waals surface area contributed by atoms with Gasteiger partial charge in [-0.1, -0.05) is 291 Å². The van der Waals surface area contributed by atoms with Crippen molar-refractivity contribution in [3.8, 4) is 204 Å². The maximum Gasteiger partial charge on any atom is 0.227 e. The minimum Gasteiger partial charge on any atom is -0.435 e. The Bertz CT molecular complexity index is 5320. The molecule has 0 amide bonds. The van der Waals surface area contributed by atoms with Crippen molar-refractivity contribution in [2.45, 2.75) is 0 Å². The fraction of sp³-hybridized carbons (Fsp3) is 0. The van der Waals surface area contributed by atoms with Crippen molar-refractivity contribution in [1.29, 1.82) is 0 Å². The zero-order valence-electron chi connectivity index (χ0n) is 57.8. The Balaban J connectivity index is 1.16. The summed E-state index contributed by atoms with van der Waals surface area (Å²) in [4.78, 5) is 35.9. The molecule has 12 heteroatoms. The predicted octanol–water partition coefficient (Wildman–Crippen LogP) is 25.6. The standard InChI is InChI=1S/C96H60N6O6/c1-13-37-61(38-14-1)85-79(97-91(103-85)67-49-25-7-26-50-67)73-74(80-86(62-39-15-2-16-40-62)104-92(98-80)68-51-27-8-28-52-68)76(82-88(64-43-19-4-20-44-64)106-94(100-82)70-55-31-10-32-56-70)78(84-90(66-47-23-6-24-48-66)108-96(102-84)72-59-35-12-36-60-72)77(83-89(65-45-21-5-22-46-65)107-95(101-83)71-57-33-11-34-58-71)75(73)81-87(63-41-17-3-18-42-63)105-93(99-81)69-53-29-9-30-54-69/h1-60H. The molecular formula is C96H60N6O6. The highest BCUT2D eigenvalue weighted by molar-refractivity contribution is 6.19. The lowest BCUT2D eigenvalue weighted by Gasteiger charge is -2.25. The van der Waals surface area contributed by atoms with Gasteiger partial charge >= 0.3 is 0 Å². The summed E-state index contributed by atoms with van der Waals surface area (Å²) in [6, 6.07) is 120.